The molecule has 0 aliphatic rings. The van der Waals surface area contributed by atoms with Gasteiger partial charge in [-0.3, -0.25) is 4.79 Å². The third kappa shape index (κ3) is 3.26. The molecule has 3 nitrogen and oxygen atoms in total. The van der Waals surface area contributed by atoms with E-state index in [-0.39, 0.29) is 5.91 Å². The van der Waals surface area contributed by atoms with Crippen molar-refractivity contribution in [2.45, 2.75) is 6.92 Å². The Labute approximate surface area is 135 Å². The normalized spacial score (nSPS) is 10.4. The molecule has 3 N–H and O–H groups in total. The molecule has 0 saturated heterocycles. The zero-order chi connectivity index (χ0) is 14.9. The molecule has 6 heteroatoms. The van der Waals surface area contributed by atoms with Crippen molar-refractivity contribution in [2.75, 3.05) is 11.1 Å². The molecule has 20 heavy (non-hydrogen) atoms. The average molecular weight is 374 g/mol. The van der Waals surface area contributed by atoms with Gasteiger partial charge in [0.1, 0.15) is 0 Å². The number of nitrogens with one attached hydrogen (secondary N) is 1. The lowest BCUT2D eigenvalue weighted by Gasteiger charge is -2.11. The zero-order valence-electron chi connectivity index (χ0n) is 10.5. The van der Waals surface area contributed by atoms with E-state index < -0.39 is 0 Å². The van der Waals surface area contributed by atoms with Crippen LogP contribution in [-0.2, 0) is 0 Å². The van der Waals surface area contributed by atoms with Crippen molar-refractivity contribution in [3.63, 3.8) is 0 Å². The second kappa shape index (κ2) is 6.04. The van der Waals surface area contributed by atoms with Crippen LogP contribution >= 0.6 is 39.1 Å². The molecule has 0 aliphatic carbocycles. The summed E-state index contributed by atoms with van der Waals surface area (Å²) in [5.74, 6) is -0.278. The summed E-state index contributed by atoms with van der Waals surface area (Å²) >= 11 is 15.2. The Morgan fingerprint density at radius 1 is 1.25 bits per heavy atom. The van der Waals surface area contributed by atoms with Crippen molar-refractivity contribution in [1.29, 1.82) is 0 Å². The van der Waals surface area contributed by atoms with E-state index in [1.54, 1.807) is 37.3 Å². The van der Waals surface area contributed by atoms with Gasteiger partial charge in [-0.25, -0.2) is 0 Å². The Balaban J connectivity index is 2.33. The molecule has 2 aromatic rings. The summed E-state index contributed by atoms with van der Waals surface area (Å²) in [5.41, 5.74) is 8.10. The largest absolute Gasteiger partial charge is 0.398 e. The fourth-order valence-electron chi connectivity index (χ4n) is 1.72. The van der Waals surface area contributed by atoms with Crippen LogP contribution in [0.25, 0.3) is 0 Å². The van der Waals surface area contributed by atoms with E-state index in [9.17, 15) is 4.79 Å². The van der Waals surface area contributed by atoms with Crippen LogP contribution in [0.1, 0.15) is 15.9 Å². The van der Waals surface area contributed by atoms with Gasteiger partial charge in [-0.1, -0.05) is 39.1 Å². The highest BCUT2D eigenvalue weighted by atomic mass is 79.9. The SMILES string of the molecule is Cc1c(N)cc(Br)cc1C(=O)Nc1ccc(Cl)cc1Cl. The molecule has 0 aromatic heterocycles. The van der Waals surface area contributed by atoms with Crippen LogP contribution < -0.4 is 11.1 Å². The number of benzene rings is 2. The van der Waals surface area contributed by atoms with Crippen molar-refractivity contribution >= 4 is 56.4 Å². The number of hydrogen-bond acceptors (Lipinski definition) is 2. The molecule has 0 atom stereocenters. The molecule has 0 fully saturated rings. The molecule has 0 bridgehead atoms. The maximum absolute atomic E-state index is 12.3. The van der Waals surface area contributed by atoms with Crippen LogP contribution in [-0.4, -0.2) is 5.91 Å². The van der Waals surface area contributed by atoms with Gasteiger partial charge in [-0.15, -0.1) is 0 Å². The van der Waals surface area contributed by atoms with Gasteiger partial charge in [0.05, 0.1) is 10.7 Å². The molecule has 104 valence electrons. The second-order valence-corrected chi connectivity index (χ2v) is 6.01. The number of amides is 1. The predicted molar refractivity (Wildman–Crippen MR) is 87.7 cm³/mol. The van der Waals surface area contributed by atoms with Gasteiger partial charge >= 0.3 is 0 Å². The first-order chi connectivity index (χ1) is 9.38. The third-order valence-electron chi connectivity index (χ3n) is 2.84. The van der Waals surface area contributed by atoms with Crippen LogP contribution in [0.2, 0.25) is 10.0 Å². The summed E-state index contributed by atoms with van der Waals surface area (Å²) in [4.78, 5) is 12.3. The van der Waals surface area contributed by atoms with E-state index in [1.165, 1.54) is 0 Å². The molecule has 0 heterocycles. The van der Waals surface area contributed by atoms with Crippen LogP contribution in [0.5, 0.6) is 0 Å². The molecule has 0 spiro atoms. The Morgan fingerprint density at radius 2 is 1.95 bits per heavy atom. The Morgan fingerprint density at radius 3 is 2.60 bits per heavy atom. The molecule has 0 saturated carbocycles. The predicted octanol–water partition coefficient (Wildman–Crippen LogP) is 4.90. The lowest BCUT2D eigenvalue weighted by atomic mass is 10.1. The number of nitrogen functional groups attached to an aromatic ring is 1. The first kappa shape index (κ1) is 15.2. The summed E-state index contributed by atoms with van der Waals surface area (Å²) in [6.07, 6.45) is 0. The van der Waals surface area contributed by atoms with E-state index in [2.05, 4.69) is 21.2 Å². The molecule has 1 amide bonds. The molecule has 2 aromatic carbocycles. The highest BCUT2D eigenvalue weighted by Crippen LogP contribution is 2.27. The van der Waals surface area contributed by atoms with Crippen LogP contribution in [0.4, 0.5) is 11.4 Å². The summed E-state index contributed by atoms with van der Waals surface area (Å²) in [6.45, 7) is 1.79. The van der Waals surface area contributed by atoms with Crippen molar-refractivity contribution in [3.8, 4) is 0 Å². The molecular formula is C14H11BrCl2N2O. The maximum Gasteiger partial charge on any atom is 0.256 e. The minimum absolute atomic E-state index is 0.278. The van der Waals surface area contributed by atoms with Gasteiger partial charge in [0.15, 0.2) is 0 Å². The zero-order valence-corrected chi connectivity index (χ0v) is 13.6. The summed E-state index contributed by atoms with van der Waals surface area (Å²) in [6, 6.07) is 8.34. The van der Waals surface area contributed by atoms with E-state index in [1.807, 2.05) is 0 Å². The highest BCUT2D eigenvalue weighted by Gasteiger charge is 2.14. The Bertz CT molecular complexity index is 689. The standard InChI is InChI=1S/C14H11BrCl2N2O/c1-7-10(4-8(15)5-12(7)18)14(20)19-13-3-2-9(16)6-11(13)17/h2-6H,18H2,1H3,(H,19,20). The van der Waals surface area contributed by atoms with Gasteiger partial charge in [-0.05, 0) is 42.8 Å². The van der Waals surface area contributed by atoms with Gasteiger partial charge in [0.2, 0.25) is 0 Å². The van der Waals surface area contributed by atoms with Crippen LogP contribution in [0, 0.1) is 6.92 Å². The first-order valence-electron chi connectivity index (χ1n) is 5.70. The molecular weight excluding hydrogens is 363 g/mol. The number of carbonyl (C=O) groups is 1. The van der Waals surface area contributed by atoms with Crippen LogP contribution in [0.15, 0.2) is 34.8 Å². The fourth-order valence-corrected chi connectivity index (χ4v) is 2.65. The molecule has 0 radical (unpaired) electrons. The van der Waals surface area contributed by atoms with Crippen molar-refractivity contribution in [1.82, 2.24) is 0 Å². The van der Waals surface area contributed by atoms with Crippen LogP contribution in [0.3, 0.4) is 0 Å². The number of halogens is 3. The van der Waals surface area contributed by atoms with E-state index in [0.717, 1.165) is 10.0 Å². The Hall–Kier alpha value is -1.23. The lowest BCUT2D eigenvalue weighted by Crippen LogP contribution is -2.14. The molecule has 0 aliphatic heterocycles. The Kier molecular flexibility index (Phi) is 4.58. The van der Waals surface area contributed by atoms with E-state index in [4.69, 9.17) is 28.9 Å². The average Bonchev–Trinajstić information content (AvgIpc) is 2.37. The maximum atomic E-state index is 12.3. The van der Waals surface area contributed by atoms with E-state index >= 15 is 0 Å². The number of anilines is 2. The van der Waals surface area contributed by atoms with Crippen molar-refractivity contribution in [2.24, 2.45) is 0 Å². The van der Waals surface area contributed by atoms with Gasteiger partial charge in [0, 0.05) is 20.7 Å². The van der Waals surface area contributed by atoms with Gasteiger partial charge in [-0.2, -0.15) is 0 Å². The summed E-state index contributed by atoms with van der Waals surface area (Å²) < 4.78 is 0.743. The smallest absolute Gasteiger partial charge is 0.256 e. The molecule has 2 rings (SSSR count). The van der Waals surface area contributed by atoms with E-state index in [0.29, 0.717) is 27.0 Å². The number of rotatable bonds is 2. The quantitative estimate of drug-likeness (QED) is 0.735. The molecule has 0 unspecified atom stereocenters. The number of hydrogen-bond donors (Lipinski definition) is 2. The first-order valence-corrected chi connectivity index (χ1v) is 7.25. The van der Waals surface area contributed by atoms with Crippen molar-refractivity contribution < 1.29 is 4.79 Å². The van der Waals surface area contributed by atoms with Crippen molar-refractivity contribution in [3.05, 3.63) is 56.0 Å². The number of nitrogens with two attached hydrogens (primary N) is 1. The lowest BCUT2D eigenvalue weighted by molar-refractivity contribution is 0.102. The minimum atomic E-state index is -0.278. The fraction of sp³-hybridized carbons (Fsp3) is 0.0714. The van der Waals surface area contributed by atoms with Gasteiger partial charge < -0.3 is 11.1 Å². The third-order valence-corrected chi connectivity index (χ3v) is 3.84. The number of carbonyl (C=O) groups excluding carboxylic acids is 1. The summed E-state index contributed by atoms with van der Waals surface area (Å²) in [7, 11) is 0. The summed E-state index contributed by atoms with van der Waals surface area (Å²) in [5, 5.41) is 3.63. The monoisotopic (exact) mass is 372 g/mol. The topological polar surface area (TPSA) is 55.1 Å². The highest BCUT2D eigenvalue weighted by molar-refractivity contribution is 9.10. The van der Waals surface area contributed by atoms with Gasteiger partial charge in [0.25, 0.3) is 5.91 Å². The minimum Gasteiger partial charge on any atom is -0.398 e. The second-order valence-electron chi connectivity index (χ2n) is 4.25.